The number of alkyl halides is 3. The number of nitrogens with two attached hydrogens (primary N) is 1. The van der Waals surface area contributed by atoms with E-state index in [1.807, 2.05) is 0 Å². The highest BCUT2D eigenvalue weighted by Crippen LogP contribution is 2.33. The number of thiazole rings is 1. The Kier molecular flexibility index (Phi) is 5.98. The Labute approximate surface area is 202 Å². The van der Waals surface area contributed by atoms with Crippen LogP contribution in [0.4, 0.5) is 19.1 Å². The van der Waals surface area contributed by atoms with Crippen LogP contribution in [0, 0.1) is 11.8 Å². The van der Waals surface area contributed by atoms with Crippen LogP contribution in [0.3, 0.4) is 0 Å². The maximum atomic E-state index is 13.5. The molecule has 4 aromatic rings. The van der Waals surface area contributed by atoms with Gasteiger partial charge in [-0.25, -0.2) is 14.6 Å². The highest BCUT2D eigenvalue weighted by Gasteiger charge is 2.31. The van der Waals surface area contributed by atoms with E-state index in [0.717, 1.165) is 31.5 Å². The highest BCUT2D eigenvalue weighted by molar-refractivity contribution is 7.18. The number of fused-ring (bicyclic) bond motifs is 2. The maximum absolute atomic E-state index is 13.5. The van der Waals surface area contributed by atoms with Crippen LogP contribution in [0.2, 0.25) is 0 Å². The second kappa shape index (κ2) is 8.98. The predicted molar refractivity (Wildman–Crippen MR) is 128 cm³/mol. The maximum Gasteiger partial charge on any atom is 0.416 e. The number of halogens is 3. The first kappa shape index (κ1) is 23.3. The van der Waals surface area contributed by atoms with E-state index in [4.69, 9.17) is 5.73 Å². The van der Waals surface area contributed by atoms with Crippen LogP contribution in [-0.4, -0.2) is 43.4 Å². The van der Waals surface area contributed by atoms with E-state index < -0.39 is 11.7 Å². The van der Waals surface area contributed by atoms with Crippen molar-refractivity contribution < 1.29 is 13.2 Å². The zero-order chi connectivity index (χ0) is 24.7. The normalized spacial score (nSPS) is 16.6. The van der Waals surface area contributed by atoms with Crippen LogP contribution in [0.15, 0.2) is 29.2 Å². The van der Waals surface area contributed by atoms with Gasteiger partial charge < -0.3 is 10.6 Å². The van der Waals surface area contributed by atoms with Crippen molar-refractivity contribution in [3.05, 3.63) is 45.3 Å². The van der Waals surface area contributed by atoms with Crippen LogP contribution in [-0.2, 0) is 19.3 Å². The number of piperidine rings is 1. The van der Waals surface area contributed by atoms with E-state index in [9.17, 15) is 18.0 Å². The summed E-state index contributed by atoms with van der Waals surface area (Å²) in [7, 11) is 0. The Morgan fingerprint density at radius 1 is 1.26 bits per heavy atom. The van der Waals surface area contributed by atoms with Crippen molar-refractivity contribution in [2.75, 3.05) is 18.0 Å². The largest absolute Gasteiger partial charge is 0.416 e. The fraction of sp³-hybridized carbons (Fsp3) is 0.391. The monoisotopic (exact) mass is 501 g/mol. The minimum atomic E-state index is -4.45. The minimum absolute atomic E-state index is 0.0287. The number of aromatic nitrogens is 5. The zero-order valence-electron chi connectivity index (χ0n) is 18.8. The molecule has 0 aliphatic carbocycles. The summed E-state index contributed by atoms with van der Waals surface area (Å²) in [5, 5.41) is 4.74. The molecule has 8 nitrogen and oxygen atoms in total. The van der Waals surface area contributed by atoms with Gasteiger partial charge in [0, 0.05) is 19.1 Å². The van der Waals surface area contributed by atoms with E-state index in [0.29, 0.717) is 33.2 Å². The standard InChI is InChI=1S/C23H22F3N7OS/c1-2-3-9-32-20-17(30-22(32)31-8-4-5-15(27)12-31)11-28-33(21(20)34)13-19-29-16-10-14(23(24,25)26)6-7-18(16)35-19/h6-7,10-11,15H,4-5,8-9,12-13,27H2,1H3/t15-/m1/s1. The van der Waals surface area contributed by atoms with Gasteiger partial charge in [-0.3, -0.25) is 9.36 Å². The van der Waals surface area contributed by atoms with E-state index >= 15 is 0 Å². The van der Waals surface area contributed by atoms with Crippen LogP contribution in [0.25, 0.3) is 21.3 Å². The fourth-order valence-electron chi connectivity index (χ4n) is 4.27. The van der Waals surface area contributed by atoms with E-state index in [-0.39, 0.29) is 30.2 Å². The van der Waals surface area contributed by atoms with Gasteiger partial charge in [0.2, 0.25) is 5.95 Å². The quantitative estimate of drug-likeness (QED) is 0.432. The molecule has 1 saturated heterocycles. The number of nitrogens with zero attached hydrogens (tertiary/aromatic N) is 6. The Morgan fingerprint density at radius 2 is 2.09 bits per heavy atom. The summed E-state index contributed by atoms with van der Waals surface area (Å²) < 4.78 is 42.8. The predicted octanol–water partition coefficient (Wildman–Crippen LogP) is 3.22. The molecule has 1 aromatic carbocycles. The summed E-state index contributed by atoms with van der Waals surface area (Å²) in [5.74, 6) is 6.50. The first-order valence-corrected chi connectivity index (χ1v) is 11.9. The molecule has 4 heterocycles. The third-order valence-corrected chi connectivity index (χ3v) is 6.95. The number of rotatable bonds is 4. The van der Waals surface area contributed by atoms with Crippen molar-refractivity contribution in [2.45, 2.75) is 45.1 Å². The highest BCUT2D eigenvalue weighted by atomic mass is 32.1. The SMILES string of the molecule is CC#CCn1c(N2CCC[C@@H](N)C2)nc2cnn(Cc3nc4cc(C(F)(F)F)ccc4s3)c(=O)c21. The molecule has 2 N–H and O–H groups in total. The average molecular weight is 502 g/mol. The lowest BCUT2D eigenvalue weighted by molar-refractivity contribution is -0.137. The lowest BCUT2D eigenvalue weighted by Gasteiger charge is -2.31. The number of benzene rings is 1. The van der Waals surface area contributed by atoms with Crippen molar-refractivity contribution in [3.8, 4) is 11.8 Å². The van der Waals surface area contributed by atoms with Gasteiger partial charge in [0.25, 0.3) is 5.56 Å². The molecular weight excluding hydrogens is 479 g/mol. The van der Waals surface area contributed by atoms with Crippen LogP contribution in [0.5, 0.6) is 0 Å². The van der Waals surface area contributed by atoms with E-state index in [2.05, 4.69) is 31.8 Å². The third kappa shape index (κ3) is 4.49. The second-order valence-corrected chi connectivity index (χ2v) is 9.52. The van der Waals surface area contributed by atoms with Crippen molar-refractivity contribution in [2.24, 2.45) is 5.73 Å². The summed E-state index contributed by atoms with van der Waals surface area (Å²) in [4.78, 5) is 24.5. The van der Waals surface area contributed by atoms with Crippen molar-refractivity contribution >= 4 is 38.5 Å². The molecular formula is C23H22F3N7OS. The average Bonchev–Trinajstić information content (AvgIpc) is 3.39. The van der Waals surface area contributed by atoms with Gasteiger partial charge in [-0.1, -0.05) is 5.92 Å². The number of hydrogen-bond donors (Lipinski definition) is 1. The molecule has 12 heteroatoms. The Morgan fingerprint density at radius 3 is 2.83 bits per heavy atom. The van der Waals surface area contributed by atoms with Gasteiger partial charge in [-0.2, -0.15) is 18.3 Å². The summed E-state index contributed by atoms with van der Waals surface area (Å²) in [6, 6.07) is 3.47. The van der Waals surface area contributed by atoms with Crippen LogP contribution in [0.1, 0.15) is 30.3 Å². The summed E-state index contributed by atoms with van der Waals surface area (Å²) in [6.45, 7) is 3.46. The first-order chi connectivity index (χ1) is 16.7. The van der Waals surface area contributed by atoms with Gasteiger partial charge in [-0.15, -0.1) is 17.3 Å². The van der Waals surface area contributed by atoms with Crippen LogP contribution >= 0.6 is 11.3 Å². The van der Waals surface area contributed by atoms with Crippen LogP contribution < -0.4 is 16.2 Å². The zero-order valence-corrected chi connectivity index (χ0v) is 19.7. The fourth-order valence-corrected chi connectivity index (χ4v) is 5.20. The van der Waals surface area contributed by atoms with Gasteiger partial charge in [0.1, 0.15) is 16.0 Å². The molecule has 182 valence electrons. The molecule has 0 unspecified atom stereocenters. The van der Waals surface area contributed by atoms with Gasteiger partial charge in [0.05, 0.1) is 35.1 Å². The molecule has 5 rings (SSSR count). The van der Waals surface area contributed by atoms with Crippen molar-refractivity contribution in [3.63, 3.8) is 0 Å². The number of imidazole rings is 1. The Bertz CT molecular complexity index is 1530. The third-order valence-electron chi connectivity index (χ3n) is 5.93. The van der Waals surface area contributed by atoms with E-state index in [1.165, 1.54) is 28.3 Å². The topological polar surface area (TPSA) is 94.9 Å². The summed E-state index contributed by atoms with van der Waals surface area (Å²) in [5.41, 5.74) is 6.10. The van der Waals surface area contributed by atoms with Crippen molar-refractivity contribution in [1.82, 2.24) is 24.3 Å². The molecule has 0 amide bonds. The molecule has 1 aliphatic rings. The number of anilines is 1. The minimum Gasteiger partial charge on any atom is -0.341 e. The first-order valence-electron chi connectivity index (χ1n) is 11.1. The molecule has 0 saturated carbocycles. The summed E-state index contributed by atoms with van der Waals surface area (Å²) in [6.07, 6.45) is -1.06. The summed E-state index contributed by atoms with van der Waals surface area (Å²) >= 11 is 1.23. The molecule has 1 fully saturated rings. The molecule has 35 heavy (non-hydrogen) atoms. The van der Waals surface area contributed by atoms with E-state index in [1.54, 1.807) is 11.5 Å². The lowest BCUT2D eigenvalue weighted by atomic mass is 10.1. The number of hydrogen-bond acceptors (Lipinski definition) is 7. The Balaban J connectivity index is 1.54. The Hall–Kier alpha value is -3.43. The van der Waals surface area contributed by atoms with Gasteiger partial charge in [-0.05, 0) is 38.0 Å². The molecule has 1 aliphatic heterocycles. The van der Waals surface area contributed by atoms with Gasteiger partial charge >= 0.3 is 6.18 Å². The molecule has 0 spiro atoms. The van der Waals surface area contributed by atoms with Crippen molar-refractivity contribution in [1.29, 1.82) is 0 Å². The molecule has 0 radical (unpaired) electrons. The molecule has 1 atom stereocenters. The van der Waals surface area contributed by atoms with Gasteiger partial charge in [0.15, 0.2) is 0 Å². The molecule has 3 aromatic heterocycles. The lowest BCUT2D eigenvalue weighted by Crippen LogP contribution is -2.44. The second-order valence-electron chi connectivity index (χ2n) is 8.40. The smallest absolute Gasteiger partial charge is 0.341 e. The molecule has 0 bridgehead atoms.